The molecule has 1 aliphatic carbocycles. The maximum Gasteiger partial charge on any atom is 0.150 e. The van der Waals surface area contributed by atoms with Gasteiger partial charge in [0.2, 0.25) is 0 Å². The standard InChI is InChI=1S/C26H28N2O/c29-18-19-8-11-25-21(16-27-26(25)15-19)6-3-4-13-28-14-12-24-22(17-28)10-9-20-5-1-2-7-23(20)24/h1-2,5,7-8,11,15-16,18,27H,3-4,6,9-10,12-14,17H2. The number of nitrogens with zero attached hydrogens (tertiary/aromatic N) is 1. The van der Waals surface area contributed by atoms with Gasteiger partial charge >= 0.3 is 0 Å². The fraction of sp³-hybridized carbons (Fsp3) is 0.346. The van der Waals surface area contributed by atoms with E-state index in [1.54, 1.807) is 16.7 Å². The van der Waals surface area contributed by atoms with Crippen LogP contribution in [0.1, 0.15) is 52.7 Å². The molecule has 0 atom stereocenters. The fourth-order valence-electron chi connectivity index (χ4n) is 5.09. The van der Waals surface area contributed by atoms with E-state index in [0.29, 0.717) is 0 Å². The van der Waals surface area contributed by atoms with Crippen molar-refractivity contribution < 1.29 is 4.79 Å². The maximum atomic E-state index is 10.9. The molecule has 0 radical (unpaired) electrons. The van der Waals surface area contributed by atoms with E-state index in [-0.39, 0.29) is 0 Å². The van der Waals surface area contributed by atoms with E-state index >= 15 is 0 Å². The molecule has 0 saturated carbocycles. The van der Waals surface area contributed by atoms with Gasteiger partial charge in [-0.3, -0.25) is 9.69 Å². The molecule has 0 amide bonds. The molecule has 0 saturated heterocycles. The SMILES string of the molecule is O=Cc1ccc2c(CCCCN3CCC4=C(CCc5ccccc54)C3)c[nH]c2c1. The van der Waals surface area contributed by atoms with Gasteiger partial charge < -0.3 is 4.98 Å². The van der Waals surface area contributed by atoms with Crippen LogP contribution in [0.4, 0.5) is 0 Å². The minimum Gasteiger partial charge on any atom is -0.361 e. The third kappa shape index (κ3) is 3.67. The number of aryl methyl sites for hydroxylation is 2. The van der Waals surface area contributed by atoms with Crippen LogP contribution >= 0.6 is 0 Å². The lowest BCUT2D eigenvalue weighted by Crippen LogP contribution is -2.33. The van der Waals surface area contributed by atoms with Crippen LogP contribution in [0.25, 0.3) is 16.5 Å². The third-order valence-electron chi connectivity index (χ3n) is 6.66. The number of carbonyl (C=O) groups excluding carboxylic acids is 1. The van der Waals surface area contributed by atoms with Crippen molar-refractivity contribution in [3.8, 4) is 0 Å². The van der Waals surface area contributed by atoms with E-state index in [0.717, 1.165) is 30.3 Å². The molecule has 148 valence electrons. The van der Waals surface area contributed by atoms with Crippen molar-refractivity contribution in [2.75, 3.05) is 19.6 Å². The van der Waals surface area contributed by atoms with Crippen molar-refractivity contribution in [1.82, 2.24) is 9.88 Å². The molecule has 1 N–H and O–H groups in total. The molecular weight excluding hydrogens is 356 g/mol. The minimum atomic E-state index is 0.731. The molecule has 1 aliphatic heterocycles. The van der Waals surface area contributed by atoms with Gasteiger partial charge in [0.1, 0.15) is 6.29 Å². The first-order valence-corrected chi connectivity index (χ1v) is 10.9. The number of H-pyrrole nitrogens is 1. The molecule has 0 bridgehead atoms. The number of benzene rings is 2. The van der Waals surface area contributed by atoms with Crippen molar-refractivity contribution in [2.45, 2.75) is 38.5 Å². The number of aromatic nitrogens is 1. The number of hydrogen-bond donors (Lipinski definition) is 1. The Morgan fingerprint density at radius 2 is 1.97 bits per heavy atom. The molecule has 3 aromatic rings. The van der Waals surface area contributed by atoms with Gasteiger partial charge in [-0.05, 0) is 73.4 Å². The number of fused-ring (bicyclic) bond motifs is 3. The predicted molar refractivity (Wildman–Crippen MR) is 119 cm³/mol. The second-order valence-electron chi connectivity index (χ2n) is 8.46. The summed E-state index contributed by atoms with van der Waals surface area (Å²) in [5, 5.41) is 1.25. The molecule has 2 heterocycles. The van der Waals surface area contributed by atoms with Crippen LogP contribution in [0.2, 0.25) is 0 Å². The summed E-state index contributed by atoms with van der Waals surface area (Å²) in [4.78, 5) is 16.9. The van der Waals surface area contributed by atoms with Crippen LogP contribution in [-0.2, 0) is 12.8 Å². The van der Waals surface area contributed by atoms with Gasteiger partial charge in [0.05, 0.1) is 0 Å². The number of unbranched alkanes of at least 4 members (excludes halogenated alkanes) is 1. The summed E-state index contributed by atoms with van der Waals surface area (Å²) in [7, 11) is 0. The number of carbonyl (C=O) groups is 1. The number of nitrogens with one attached hydrogen (secondary N) is 1. The van der Waals surface area contributed by atoms with E-state index in [4.69, 9.17) is 0 Å². The molecule has 5 rings (SSSR count). The van der Waals surface area contributed by atoms with Gasteiger partial charge in [0, 0.05) is 35.8 Å². The molecular formula is C26H28N2O. The van der Waals surface area contributed by atoms with Crippen LogP contribution in [-0.4, -0.2) is 35.8 Å². The maximum absolute atomic E-state index is 10.9. The molecule has 0 spiro atoms. The van der Waals surface area contributed by atoms with Crippen LogP contribution < -0.4 is 0 Å². The summed E-state index contributed by atoms with van der Waals surface area (Å²) in [6.45, 7) is 3.54. The van der Waals surface area contributed by atoms with Crippen molar-refractivity contribution in [1.29, 1.82) is 0 Å². The van der Waals surface area contributed by atoms with Gasteiger partial charge in [-0.15, -0.1) is 0 Å². The lowest BCUT2D eigenvalue weighted by Gasteiger charge is -2.34. The predicted octanol–water partition coefficient (Wildman–Crippen LogP) is 5.41. The molecule has 1 aromatic heterocycles. The number of rotatable bonds is 6. The first-order valence-electron chi connectivity index (χ1n) is 10.9. The quantitative estimate of drug-likeness (QED) is 0.456. The highest BCUT2D eigenvalue weighted by Gasteiger charge is 2.24. The molecule has 29 heavy (non-hydrogen) atoms. The summed E-state index contributed by atoms with van der Waals surface area (Å²) in [6, 6.07) is 14.9. The molecule has 2 aliphatic rings. The van der Waals surface area contributed by atoms with E-state index in [2.05, 4.69) is 46.4 Å². The van der Waals surface area contributed by atoms with E-state index < -0.39 is 0 Å². The Kier molecular flexibility index (Phi) is 5.07. The summed E-state index contributed by atoms with van der Waals surface area (Å²) in [5.74, 6) is 0. The normalized spacial score (nSPS) is 16.7. The Labute approximate surface area is 172 Å². The smallest absolute Gasteiger partial charge is 0.150 e. The largest absolute Gasteiger partial charge is 0.361 e. The number of aromatic amines is 1. The number of hydrogen-bond acceptors (Lipinski definition) is 2. The zero-order valence-corrected chi connectivity index (χ0v) is 16.9. The van der Waals surface area contributed by atoms with Gasteiger partial charge in [-0.2, -0.15) is 0 Å². The zero-order chi connectivity index (χ0) is 19.6. The van der Waals surface area contributed by atoms with Crippen LogP contribution in [0.15, 0.2) is 54.2 Å². The van der Waals surface area contributed by atoms with Gasteiger partial charge in [0.25, 0.3) is 0 Å². The van der Waals surface area contributed by atoms with Crippen molar-refractivity contribution in [3.63, 3.8) is 0 Å². The monoisotopic (exact) mass is 384 g/mol. The molecule has 2 aromatic carbocycles. The highest BCUT2D eigenvalue weighted by molar-refractivity contribution is 5.89. The Hall–Kier alpha value is -2.65. The average Bonchev–Trinajstić information content (AvgIpc) is 3.18. The summed E-state index contributed by atoms with van der Waals surface area (Å²) < 4.78 is 0. The molecule has 0 unspecified atom stereocenters. The van der Waals surface area contributed by atoms with Gasteiger partial charge in [0.15, 0.2) is 0 Å². The van der Waals surface area contributed by atoms with Gasteiger partial charge in [-0.1, -0.05) is 42.0 Å². The Morgan fingerprint density at radius 1 is 1.03 bits per heavy atom. The molecule has 0 fully saturated rings. The highest BCUT2D eigenvalue weighted by atomic mass is 16.1. The minimum absolute atomic E-state index is 0.731. The van der Waals surface area contributed by atoms with Crippen molar-refractivity contribution in [3.05, 3.63) is 76.5 Å². The lowest BCUT2D eigenvalue weighted by atomic mass is 9.82. The van der Waals surface area contributed by atoms with Crippen LogP contribution in [0.3, 0.4) is 0 Å². The highest BCUT2D eigenvalue weighted by Crippen LogP contribution is 2.36. The topological polar surface area (TPSA) is 36.1 Å². The second kappa shape index (κ2) is 8.00. The number of aldehydes is 1. The summed E-state index contributed by atoms with van der Waals surface area (Å²) in [6.07, 6.45) is 10.2. The first kappa shape index (κ1) is 18.4. The second-order valence-corrected chi connectivity index (χ2v) is 8.46. The first-order chi connectivity index (χ1) is 14.3. The van der Waals surface area contributed by atoms with Crippen LogP contribution in [0.5, 0.6) is 0 Å². The summed E-state index contributed by atoms with van der Waals surface area (Å²) >= 11 is 0. The average molecular weight is 385 g/mol. The van der Waals surface area contributed by atoms with Gasteiger partial charge in [-0.25, -0.2) is 0 Å². The van der Waals surface area contributed by atoms with E-state index in [9.17, 15) is 4.79 Å². The van der Waals surface area contributed by atoms with E-state index in [1.165, 1.54) is 61.7 Å². The fourth-order valence-corrected chi connectivity index (χ4v) is 5.09. The Bertz CT molecular complexity index is 1080. The Balaban J connectivity index is 1.16. The van der Waals surface area contributed by atoms with E-state index in [1.807, 2.05) is 12.1 Å². The third-order valence-corrected chi connectivity index (χ3v) is 6.66. The zero-order valence-electron chi connectivity index (χ0n) is 16.9. The molecule has 3 heteroatoms. The summed E-state index contributed by atoms with van der Waals surface area (Å²) in [5.41, 5.74) is 9.54. The lowest BCUT2D eigenvalue weighted by molar-refractivity contribution is 0.112. The van der Waals surface area contributed by atoms with Crippen molar-refractivity contribution >= 4 is 22.8 Å². The van der Waals surface area contributed by atoms with Crippen LogP contribution in [0, 0.1) is 0 Å². The molecule has 3 nitrogen and oxygen atoms in total. The Morgan fingerprint density at radius 3 is 2.90 bits per heavy atom. The van der Waals surface area contributed by atoms with Crippen molar-refractivity contribution in [2.24, 2.45) is 0 Å².